The van der Waals surface area contributed by atoms with Crippen molar-refractivity contribution in [1.29, 1.82) is 0 Å². The summed E-state index contributed by atoms with van der Waals surface area (Å²) >= 11 is 4.33. The third-order valence-electron chi connectivity index (χ3n) is 0.548. The van der Waals surface area contributed by atoms with Crippen molar-refractivity contribution in [3.8, 4) is 0 Å². The second-order valence-corrected chi connectivity index (χ2v) is 4.30. The van der Waals surface area contributed by atoms with E-state index in [1.165, 1.54) is 0 Å². The van der Waals surface area contributed by atoms with Gasteiger partial charge in [0.25, 0.3) is 0 Å². The van der Waals surface area contributed by atoms with Crippen molar-refractivity contribution >= 4 is 40.1 Å². The molecule has 2 nitrogen and oxygen atoms in total. The summed E-state index contributed by atoms with van der Waals surface area (Å²) < 4.78 is 15.1. The summed E-state index contributed by atoms with van der Waals surface area (Å²) in [5.74, 6) is 0. The van der Waals surface area contributed by atoms with Gasteiger partial charge in [0.2, 0.25) is 0 Å². The van der Waals surface area contributed by atoms with Crippen LogP contribution < -0.4 is 0 Å². The Balaban J connectivity index is 3.56. The molecular formula is C3H7BO2P2S. The van der Waals surface area contributed by atoms with Crippen LogP contribution in [0.5, 0.6) is 0 Å². The molecule has 2 atom stereocenters. The van der Waals surface area contributed by atoms with Crippen LogP contribution in [-0.4, -0.2) is 18.1 Å². The van der Waals surface area contributed by atoms with Gasteiger partial charge in [-0.3, -0.25) is 0 Å². The number of thiocarbonyl (C=S) groups is 1. The van der Waals surface area contributed by atoms with Gasteiger partial charge in [0, 0.05) is 0 Å². The van der Waals surface area contributed by atoms with E-state index in [2.05, 4.69) is 16.7 Å². The summed E-state index contributed by atoms with van der Waals surface area (Å²) in [6.45, 7) is 2.02. The van der Waals surface area contributed by atoms with Crippen LogP contribution in [0.15, 0.2) is 0 Å². The van der Waals surface area contributed by atoms with Crippen molar-refractivity contribution in [3.05, 3.63) is 0 Å². The van der Waals surface area contributed by atoms with E-state index in [1.54, 1.807) is 6.34 Å². The molecule has 0 aliphatic rings. The molecule has 0 spiro atoms. The molecule has 0 aromatic rings. The van der Waals surface area contributed by atoms with Gasteiger partial charge in [-0.25, -0.2) is 0 Å². The van der Waals surface area contributed by atoms with E-state index in [9.17, 15) is 4.57 Å². The maximum atomic E-state index is 10.6. The first-order valence-electron chi connectivity index (χ1n) is 2.44. The average Bonchev–Trinajstić information content (AvgIpc) is 1.85. The van der Waals surface area contributed by atoms with Gasteiger partial charge in [0.05, 0.1) is 0 Å². The Morgan fingerprint density at radius 2 is 2.67 bits per heavy atom. The summed E-state index contributed by atoms with van der Waals surface area (Å²) in [5, 5.41) is 0. The Bertz CT molecular complexity index is 154. The van der Waals surface area contributed by atoms with Crippen molar-refractivity contribution in [2.45, 2.75) is 6.92 Å². The quantitative estimate of drug-likeness (QED) is 0.375. The van der Waals surface area contributed by atoms with E-state index >= 15 is 0 Å². The minimum atomic E-state index is -1.61. The molecule has 0 bridgehead atoms. The molecule has 0 heterocycles. The fourth-order valence-electron chi connectivity index (χ4n) is 0.239. The van der Waals surface area contributed by atoms with Crippen LogP contribution >= 0.6 is 28.2 Å². The zero-order valence-corrected chi connectivity index (χ0v) is 7.74. The zero-order valence-electron chi connectivity index (χ0n) is 5.03. The Hall–Kier alpha value is 0.485. The van der Waals surface area contributed by atoms with Crippen LogP contribution in [0.1, 0.15) is 6.92 Å². The average molecular weight is 180 g/mol. The molecular weight excluding hydrogens is 173 g/mol. The van der Waals surface area contributed by atoms with E-state index < -0.39 is 7.52 Å². The molecule has 0 fully saturated rings. The molecule has 0 radical (unpaired) electrons. The molecule has 0 amide bonds. The van der Waals surface area contributed by atoms with Crippen LogP contribution in [0.25, 0.3) is 0 Å². The number of rotatable bonds is 4. The standard InChI is InChI=1S/C3H7BO2P2S/c1-2-7-4-8(5)6-3-9/h3,7H,2H2,1H3. The molecule has 6 heteroatoms. The molecule has 9 heavy (non-hydrogen) atoms. The van der Waals surface area contributed by atoms with E-state index in [4.69, 9.17) is 0 Å². The molecule has 0 aromatic heterocycles. The first-order valence-corrected chi connectivity index (χ1v) is 5.45. The molecule has 0 saturated heterocycles. The van der Waals surface area contributed by atoms with E-state index in [0.717, 1.165) is 11.7 Å². The van der Waals surface area contributed by atoms with Crippen molar-refractivity contribution in [2.24, 2.45) is 0 Å². The fourth-order valence-corrected chi connectivity index (χ4v) is 2.15. The Morgan fingerprint density at radius 3 is 3.11 bits per heavy atom. The zero-order chi connectivity index (χ0) is 7.11. The van der Waals surface area contributed by atoms with Crippen LogP contribution in [0.4, 0.5) is 0 Å². The first-order chi connectivity index (χ1) is 4.31. The SMILES string of the molecule is CCPB=P(=O)OC=S. The van der Waals surface area contributed by atoms with Gasteiger partial charge in [-0.15, -0.1) is 0 Å². The van der Waals surface area contributed by atoms with Crippen molar-refractivity contribution in [2.75, 3.05) is 6.16 Å². The van der Waals surface area contributed by atoms with Gasteiger partial charge in [-0.2, -0.15) is 0 Å². The molecule has 0 saturated carbocycles. The molecule has 0 aromatic carbocycles. The second-order valence-electron chi connectivity index (χ2n) is 1.17. The molecule has 0 aliphatic heterocycles. The second kappa shape index (κ2) is 6.60. The summed E-state index contributed by atoms with van der Waals surface area (Å²) in [6, 6.07) is 0. The summed E-state index contributed by atoms with van der Waals surface area (Å²) in [4.78, 5) is 0. The Morgan fingerprint density at radius 1 is 2.00 bits per heavy atom. The van der Waals surface area contributed by atoms with Gasteiger partial charge >= 0.3 is 62.3 Å². The Kier molecular flexibility index (Phi) is 6.96. The van der Waals surface area contributed by atoms with Gasteiger partial charge in [0.15, 0.2) is 0 Å². The number of hydrogen-bond donors (Lipinski definition) is 0. The number of hydrogen-bond acceptors (Lipinski definition) is 3. The van der Waals surface area contributed by atoms with E-state index in [0.29, 0.717) is 8.46 Å². The normalized spacial score (nSPS) is 11.4. The minimum absolute atomic E-state index is 0.605. The monoisotopic (exact) mass is 180 g/mol. The Labute approximate surface area is 62.8 Å². The summed E-state index contributed by atoms with van der Waals surface area (Å²) in [7, 11) is -1.00. The molecule has 50 valence electrons. The predicted octanol–water partition coefficient (Wildman–Crippen LogP) is 1.94. The third-order valence-corrected chi connectivity index (χ3v) is 3.08. The fraction of sp³-hybridized carbons (Fsp3) is 0.667. The van der Waals surface area contributed by atoms with Gasteiger partial charge < -0.3 is 0 Å². The van der Waals surface area contributed by atoms with Crippen molar-refractivity contribution in [1.82, 2.24) is 0 Å². The molecule has 0 aliphatic carbocycles. The van der Waals surface area contributed by atoms with E-state index in [1.807, 2.05) is 6.92 Å². The predicted molar refractivity (Wildman–Crippen MR) is 47.0 cm³/mol. The van der Waals surface area contributed by atoms with Crippen LogP contribution in [0, 0.1) is 0 Å². The molecule has 0 N–H and O–H groups in total. The summed E-state index contributed by atoms with van der Waals surface area (Å²) in [5.41, 5.74) is 1.04. The van der Waals surface area contributed by atoms with Crippen LogP contribution in [0.2, 0.25) is 0 Å². The maximum absolute atomic E-state index is 10.6. The third kappa shape index (κ3) is 6.37. The summed E-state index contributed by atoms with van der Waals surface area (Å²) in [6.07, 6.45) is 2.67. The van der Waals surface area contributed by atoms with Gasteiger partial charge in [0.1, 0.15) is 0 Å². The van der Waals surface area contributed by atoms with E-state index in [-0.39, 0.29) is 0 Å². The van der Waals surface area contributed by atoms with Crippen molar-refractivity contribution < 1.29 is 9.09 Å². The van der Waals surface area contributed by atoms with Gasteiger partial charge in [-0.1, -0.05) is 0 Å². The van der Waals surface area contributed by atoms with Gasteiger partial charge in [-0.05, 0) is 0 Å². The van der Waals surface area contributed by atoms with Crippen LogP contribution in [0.3, 0.4) is 0 Å². The topological polar surface area (TPSA) is 26.3 Å². The molecule has 0 rings (SSSR count). The molecule has 2 unspecified atom stereocenters. The van der Waals surface area contributed by atoms with Crippen molar-refractivity contribution in [3.63, 3.8) is 0 Å². The first kappa shape index (κ1) is 9.48. The van der Waals surface area contributed by atoms with Crippen LogP contribution in [-0.2, 0) is 9.09 Å².